The largest absolute Gasteiger partial charge is 0.463 e. The highest BCUT2D eigenvalue weighted by molar-refractivity contribution is 6.08. The van der Waals surface area contributed by atoms with E-state index in [2.05, 4.69) is 4.74 Å². The summed E-state index contributed by atoms with van der Waals surface area (Å²) in [6.45, 7) is 4.19. The maximum atomic E-state index is 10.4. The molecule has 14 heavy (non-hydrogen) atoms. The molecule has 0 fully saturated rings. The number of carbonyl (C=O) groups excluding carboxylic acids is 1. The Bertz CT molecular complexity index is 141. The highest BCUT2D eigenvalue weighted by Crippen LogP contribution is 1.86. The van der Waals surface area contributed by atoms with E-state index in [9.17, 15) is 4.79 Å². The molecule has 0 radical (unpaired) electrons. The second kappa shape index (κ2) is 10.7. The predicted octanol–water partition coefficient (Wildman–Crippen LogP) is -0.244. The average Bonchev–Trinajstić information content (AvgIpc) is 2.15. The molecule has 0 aliphatic carbocycles. The number of esters is 1. The molecule has 0 rings (SSSR count). The molecule has 4 nitrogen and oxygen atoms in total. The van der Waals surface area contributed by atoms with Crippen molar-refractivity contribution >= 4 is 16.2 Å². The maximum Gasteiger partial charge on any atom is 0.302 e. The Morgan fingerprint density at radius 2 is 1.64 bits per heavy atom. The standard InChI is InChI=1S/C9H20O4Si/c1-9(10)13-7-6-12-5-4-11-3-2-8-14/h2-8H2,1,14H3. The first-order valence-corrected chi connectivity index (χ1v) is 6.47. The first kappa shape index (κ1) is 13.6. The molecule has 0 saturated carbocycles. The van der Waals surface area contributed by atoms with Crippen LogP contribution in [0.1, 0.15) is 13.3 Å². The molecule has 0 N–H and O–H groups in total. The molecule has 0 atom stereocenters. The molecule has 0 saturated heterocycles. The fraction of sp³-hybridized carbons (Fsp3) is 0.889. The van der Waals surface area contributed by atoms with Crippen molar-refractivity contribution in [1.29, 1.82) is 0 Å². The minimum atomic E-state index is -0.267. The zero-order valence-corrected chi connectivity index (χ0v) is 11.1. The lowest BCUT2D eigenvalue weighted by Crippen LogP contribution is -2.11. The molecule has 0 aliphatic heterocycles. The third-order valence-corrected chi connectivity index (χ3v) is 2.25. The number of carbonyl (C=O) groups is 1. The van der Waals surface area contributed by atoms with E-state index in [1.54, 1.807) is 0 Å². The van der Waals surface area contributed by atoms with Crippen LogP contribution in [0.15, 0.2) is 0 Å². The third-order valence-electron chi connectivity index (χ3n) is 1.55. The van der Waals surface area contributed by atoms with Gasteiger partial charge in [0.2, 0.25) is 0 Å². The Labute approximate surface area is 88.3 Å². The summed E-state index contributed by atoms with van der Waals surface area (Å²) < 4.78 is 15.1. The Balaban J connectivity index is 2.88. The summed E-state index contributed by atoms with van der Waals surface area (Å²) in [6.07, 6.45) is 1.15. The Morgan fingerprint density at radius 1 is 1.07 bits per heavy atom. The SMILES string of the molecule is CC(=O)OCCOCCOCCC[SiH3]. The zero-order chi connectivity index (χ0) is 10.6. The fourth-order valence-corrected chi connectivity index (χ4v) is 1.10. The lowest BCUT2D eigenvalue weighted by Gasteiger charge is -2.05. The van der Waals surface area contributed by atoms with Gasteiger partial charge in [-0.25, -0.2) is 0 Å². The second-order valence-corrected chi connectivity index (χ2v) is 3.92. The summed E-state index contributed by atoms with van der Waals surface area (Å²) in [5.74, 6) is -0.267. The molecule has 5 heteroatoms. The summed E-state index contributed by atoms with van der Waals surface area (Å²) >= 11 is 0. The summed E-state index contributed by atoms with van der Waals surface area (Å²) in [7, 11) is 1.25. The van der Waals surface area contributed by atoms with E-state index in [0.717, 1.165) is 13.0 Å². The van der Waals surface area contributed by atoms with Gasteiger partial charge in [-0.15, -0.1) is 0 Å². The van der Waals surface area contributed by atoms with Gasteiger partial charge in [0, 0.05) is 23.8 Å². The van der Waals surface area contributed by atoms with E-state index < -0.39 is 0 Å². The number of hydrogen-bond acceptors (Lipinski definition) is 4. The number of hydrogen-bond donors (Lipinski definition) is 0. The van der Waals surface area contributed by atoms with Crippen LogP contribution in [-0.2, 0) is 19.0 Å². The zero-order valence-electron chi connectivity index (χ0n) is 9.08. The highest BCUT2D eigenvalue weighted by atomic mass is 28.1. The van der Waals surface area contributed by atoms with Crippen molar-refractivity contribution < 1.29 is 19.0 Å². The Kier molecular flexibility index (Phi) is 10.4. The topological polar surface area (TPSA) is 44.8 Å². The van der Waals surface area contributed by atoms with Gasteiger partial charge in [-0.3, -0.25) is 4.79 Å². The van der Waals surface area contributed by atoms with E-state index >= 15 is 0 Å². The summed E-state index contributed by atoms with van der Waals surface area (Å²) in [5.41, 5.74) is 0. The molecule has 0 bridgehead atoms. The molecular formula is C9H20O4Si. The van der Waals surface area contributed by atoms with Crippen molar-refractivity contribution in [1.82, 2.24) is 0 Å². The van der Waals surface area contributed by atoms with Crippen LogP contribution >= 0.6 is 0 Å². The fourth-order valence-electron chi connectivity index (χ4n) is 0.813. The van der Waals surface area contributed by atoms with Gasteiger partial charge in [0.1, 0.15) is 6.61 Å². The third kappa shape index (κ3) is 11.6. The van der Waals surface area contributed by atoms with Gasteiger partial charge in [-0.1, -0.05) is 6.04 Å². The van der Waals surface area contributed by atoms with Crippen LogP contribution in [-0.4, -0.2) is 49.2 Å². The lowest BCUT2D eigenvalue weighted by molar-refractivity contribution is -0.142. The second-order valence-electron chi connectivity index (χ2n) is 2.92. The molecule has 0 aliphatic rings. The van der Waals surface area contributed by atoms with Gasteiger partial charge in [-0.2, -0.15) is 0 Å². The highest BCUT2D eigenvalue weighted by Gasteiger charge is 1.93. The summed E-state index contributed by atoms with van der Waals surface area (Å²) in [6, 6.07) is 1.29. The van der Waals surface area contributed by atoms with Crippen molar-refractivity contribution in [3.05, 3.63) is 0 Å². The minimum Gasteiger partial charge on any atom is -0.463 e. The van der Waals surface area contributed by atoms with Crippen molar-refractivity contribution in [2.24, 2.45) is 0 Å². The number of rotatable bonds is 9. The van der Waals surface area contributed by atoms with Crippen molar-refractivity contribution in [3.63, 3.8) is 0 Å². The van der Waals surface area contributed by atoms with Crippen LogP contribution in [0.5, 0.6) is 0 Å². The van der Waals surface area contributed by atoms with Crippen LogP contribution in [0.3, 0.4) is 0 Å². The van der Waals surface area contributed by atoms with Crippen molar-refractivity contribution in [2.45, 2.75) is 19.4 Å². The monoisotopic (exact) mass is 220 g/mol. The molecule has 0 amide bonds. The van der Waals surface area contributed by atoms with Crippen LogP contribution in [0.25, 0.3) is 0 Å². The smallest absolute Gasteiger partial charge is 0.302 e. The van der Waals surface area contributed by atoms with E-state index in [4.69, 9.17) is 9.47 Å². The number of ether oxygens (including phenoxy) is 3. The Morgan fingerprint density at radius 3 is 2.21 bits per heavy atom. The molecule has 0 unspecified atom stereocenters. The van der Waals surface area contributed by atoms with E-state index in [1.807, 2.05) is 0 Å². The molecule has 0 aromatic rings. The predicted molar refractivity (Wildman–Crippen MR) is 57.6 cm³/mol. The lowest BCUT2D eigenvalue weighted by atomic mass is 10.5. The van der Waals surface area contributed by atoms with Crippen LogP contribution in [0.4, 0.5) is 0 Å². The first-order chi connectivity index (χ1) is 6.77. The van der Waals surface area contributed by atoms with Gasteiger partial charge < -0.3 is 14.2 Å². The van der Waals surface area contributed by atoms with E-state index in [1.165, 1.54) is 23.2 Å². The van der Waals surface area contributed by atoms with Gasteiger partial charge in [0.15, 0.2) is 0 Å². The van der Waals surface area contributed by atoms with E-state index in [0.29, 0.717) is 26.4 Å². The summed E-state index contributed by atoms with van der Waals surface area (Å²) in [4.78, 5) is 10.4. The van der Waals surface area contributed by atoms with Gasteiger partial charge >= 0.3 is 5.97 Å². The van der Waals surface area contributed by atoms with Crippen LogP contribution in [0.2, 0.25) is 6.04 Å². The Hall–Kier alpha value is -0.393. The van der Waals surface area contributed by atoms with Crippen LogP contribution < -0.4 is 0 Å². The minimum absolute atomic E-state index is 0.267. The van der Waals surface area contributed by atoms with Crippen molar-refractivity contribution in [2.75, 3.05) is 33.0 Å². The average molecular weight is 220 g/mol. The molecule has 0 aromatic heterocycles. The summed E-state index contributed by atoms with van der Waals surface area (Å²) in [5, 5.41) is 0. The van der Waals surface area contributed by atoms with Crippen molar-refractivity contribution in [3.8, 4) is 0 Å². The molecule has 0 spiro atoms. The molecule has 0 heterocycles. The van der Waals surface area contributed by atoms with Gasteiger partial charge in [0.05, 0.1) is 19.8 Å². The van der Waals surface area contributed by atoms with Crippen LogP contribution in [0, 0.1) is 0 Å². The molecule has 84 valence electrons. The normalized spacial score (nSPS) is 10.4. The van der Waals surface area contributed by atoms with E-state index in [-0.39, 0.29) is 5.97 Å². The first-order valence-electron chi connectivity index (χ1n) is 5.06. The maximum absolute atomic E-state index is 10.4. The van der Waals surface area contributed by atoms with Gasteiger partial charge in [-0.05, 0) is 6.42 Å². The molecular weight excluding hydrogens is 200 g/mol. The van der Waals surface area contributed by atoms with Gasteiger partial charge in [0.25, 0.3) is 0 Å². The molecule has 0 aromatic carbocycles. The quantitative estimate of drug-likeness (QED) is 0.305.